The summed E-state index contributed by atoms with van der Waals surface area (Å²) in [6.45, 7) is 0. The van der Waals surface area contributed by atoms with Gasteiger partial charge in [0.25, 0.3) is 0 Å². The third-order valence-corrected chi connectivity index (χ3v) is 5.36. The summed E-state index contributed by atoms with van der Waals surface area (Å²) >= 11 is 6.14. The Bertz CT molecular complexity index is 570. The van der Waals surface area contributed by atoms with Crippen LogP contribution in [0.25, 0.3) is 0 Å². The van der Waals surface area contributed by atoms with Gasteiger partial charge >= 0.3 is 6.18 Å². The second-order valence-electron chi connectivity index (χ2n) is 6.68. The molecule has 1 aromatic heterocycles. The molecule has 2 aliphatic carbocycles. The van der Waals surface area contributed by atoms with Gasteiger partial charge in [0.15, 0.2) is 0 Å². The van der Waals surface area contributed by atoms with Crippen molar-refractivity contribution in [2.24, 2.45) is 5.92 Å². The second-order valence-corrected chi connectivity index (χ2v) is 7.09. The number of hydrogen-bond acceptors (Lipinski definition) is 1. The molecule has 3 rings (SSSR count). The van der Waals surface area contributed by atoms with Crippen LogP contribution in [0.4, 0.5) is 22.0 Å². The number of halogens is 6. The fraction of sp³-hybridized carbons (Fsp3) is 0.688. The minimum Gasteiger partial charge on any atom is -0.259 e. The minimum absolute atomic E-state index is 0.0524. The largest absolute Gasteiger partial charge is 0.391 e. The van der Waals surface area contributed by atoms with Crippen LogP contribution < -0.4 is 0 Å². The topological polar surface area (TPSA) is 12.9 Å². The van der Waals surface area contributed by atoms with E-state index in [1.54, 1.807) is 6.07 Å². The molecule has 1 aromatic rings. The molecule has 2 fully saturated rings. The molecule has 0 N–H and O–H groups in total. The molecule has 7 heteroatoms. The number of rotatable bonds is 2. The highest BCUT2D eigenvalue weighted by Crippen LogP contribution is 2.49. The van der Waals surface area contributed by atoms with E-state index in [1.807, 2.05) is 0 Å². The van der Waals surface area contributed by atoms with E-state index < -0.39 is 18.0 Å². The molecule has 23 heavy (non-hydrogen) atoms. The van der Waals surface area contributed by atoms with Crippen LogP contribution in [0.5, 0.6) is 0 Å². The lowest BCUT2D eigenvalue weighted by Crippen LogP contribution is -2.34. The van der Waals surface area contributed by atoms with Crippen molar-refractivity contribution in [2.45, 2.75) is 62.5 Å². The molecule has 0 amide bonds. The summed E-state index contributed by atoms with van der Waals surface area (Å²) in [5.74, 6) is -4.21. The molecule has 128 valence electrons. The van der Waals surface area contributed by atoms with Crippen LogP contribution in [0.15, 0.2) is 12.3 Å². The van der Waals surface area contributed by atoms with Crippen molar-refractivity contribution in [3.63, 3.8) is 0 Å². The van der Waals surface area contributed by atoms with Crippen LogP contribution >= 0.6 is 11.6 Å². The maximum absolute atomic E-state index is 13.0. The smallest absolute Gasteiger partial charge is 0.259 e. The lowest BCUT2D eigenvalue weighted by molar-refractivity contribution is -0.182. The van der Waals surface area contributed by atoms with Crippen LogP contribution in [0.1, 0.15) is 61.6 Å². The van der Waals surface area contributed by atoms with E-state index in [-0.39, 0.29) is 37.5 Å². The van der Waals surface area contributed by atoms with Gasteiger partial charge < -0.3 is 0 Å². The molecule has 0 radical (unpaired) electrons. The lowest BCUT2D eigenvalue weighted by atomic mass is 9.76. The SMILES string of the molecule is FC1(F)CC(c2cc(C3CCC(C(F)(F)F)CC3)c(Cl)cn2)C1. The summed E-state index contributed by atoms with van der Waals surface area (Å²) in [5, 5.41) is 0.412. The number of pyridine rings is 1. The number of nitrogens with zero attached hydrogens (tertiary/aromatic N) is 1. The Kier molecular flexibility index (Phi) is 4.32. The highest BCUT2D eigenvalue weighted by Gasteiger charge is 2.47. The molecule has 1 nitrogen and oxygen atoms in total. The van der Waals surface area contributed by atoms with Gasteiger partial charge in [-0.3, -0.25) is 4.98 Å². The van der Waals surface area contributed by atoms with E-state index in [0.717, 1.165) is 5.56 Å². The first-order valence-electron chi connectivity index (χ1n) is 7.75. The average Bonchev–Trinajstić information content (AvgIpc) is 2.44. The number of aromatic nitrogens is 1. The van der Waals surface area contributed by atoms with E-state index >= 15 is 0 Å². The first-order chi connectivity index (χ1) is 10.7. The standard InChI is InChI=1S/C16H17ClF5N/c17-13-8-23-14(10-6-15(18,19)7-10)5-12(13)9-1-3-11(4-2-9)16(20,21)22/h5,8-11H,1-4,6-7H2. The Hall–Kier alpha value is -0.910. The van der Waals surface area contributed by atoms with Crippen LogP contribution in [0.3, 0.4) is 0 Å². The molecule has 0 aliphatic heterocycles. The monoisotopic (exact) mass is 353 g/mol. The molecule has 0 saturated heterocycles. The molecule has 0 spiro atoms. The zero-order valence-electron chi connectivity index (χ0n) is 12.3. The quantitative estimate of drug-likeness (QED) is 0.587. The van der Waals surface area contributed by atoms with Crippen molar-refractivity contribution < 1.29 is 22.0 Å². The fourth-order valence-electron chi connectivity index (χ4n) is 3.61. The molecule has 0 atom stereocenters. The lowest BCUT2D eigenvalue weighted by Gasteiger charge is -2.35. The van der Waals surface area contributed by atoms with Gasteiger partial charge in [-0.2, -0.15) is 13.2 Å². The maximum atomic E-state index is 13.0. The number of hydrogen-bond donors (Lipinski definition) is 0. The summed E-state index contributed by atoms with van der Waals surface area (Å²) in [4.78, 5) is 4.13. The second kappa shape index (κ2) is 5.87. The minimum atomic E-state index is -4.14. The van der Waals surface area contributed by atoms with Gasteiger partial charge in [0, 0.05) is 30.7 Å². The summed E-state index contributed by atoms with van der Waals surface area (Å²) in [5.41, 5.74) is 1.33. The predicted molar refractivity (Wildman–Crippen MR) is 76.9 cm³/mol. The number of alkyl halides is 5. The van der Waals surface area contributed by atoms with Gasteiger partial charge in [-0.25, -0.2) is 8.78 Å². The van der Waals surface area contributed by atoms with E-state index in [0.29, 0.717) is 23.6 Å². The van der Waals surface area contributed by atoms with Gasteiger partial charge in [0.1, 0.15) is 0 Å². The Labute approximate surface area is 136 Å². The fourth-order valence-corrected chi connectivity index (χ4v) is 3.87. The Morgan fingerprint density at radius 3 is 2.17 bits per heavy atom. The van der Waals surface area contributed by atoms with Crippen molar-refractivity contribution in [1.29, 1.82) is 0 Å². The van der Waals surface area contributed by atoms with Gasteiger partial charge in [-0.05, 0) is 43.2 Å². The molecule has 0 aromatic carbocycles. The molecule has 0 bridgehead atoms. The van der Waals surface area contributed by atoms with E-state index in [2.05, 4.69) is 4.98 Å². The maximum Gasteiger partial charge on any atom is 0.391 e. The van der Waals surface area contributed by atoms with Crippen molar-refractivity contribution in [3.05, 3.63) is 28.5 Å². The highest BCUT2D eigenvalue weighted by atomic mass is 35.5. The van der Waals surface area contributed by atoms with Crippen molar-refractivity contribution in [2.75, 3.05) is 0 Å². The molecule has 1 heterocycles. The van der Waals surface area contributed by atoms with Crippen LogP contribution in [-0.2, 0) is 0 Å². The summed E-state index contributed by atoms with van der Waals surface area (Å²) in [6, 6.07) is 1.72. The average molecular weight is 354 g/mol. The zero-order valence-corrected chi connectivity index (χ0v) is 13.1. The molecule has 2 aliphatic rings. The zero-order chi connectivity index (χ0) is 16.8. The first-order valence-corrected chi connectivity index (χ1v) is 8.13. The Morgan fingerprint density at radius 2 is 1.65 bits per heavy atom. The van der Waals surface area contributed by atoms with Crippen LogP contribution in [-0.4, -0.2) is 17.1 Å². The van der Waals surface area contributed by atoms with E-state index in [9.17, 15) is 22.0 Å². The van der Waals surface area contributed by atoms with Gasteiger partial charge in [-0.1, -0.05) is 11.6 Å². The first kappa shape index (κ1) is 16.9. The van der Waals surface area contributed by atoms with E-state index in [1.165, 1.54) is 6.20 Å². The Balaban J connectivity index is 1.71. The summed E-state index contributed by atoms with van der Waals surface area (Å²) < 4.78 is 64.2. The third-order valence-electron chi connectivity index (χ3n) is 5.04. The van der Waals surface area contributed by atoms with Crippen molar-refractivity contribution in [1.82, 2.24) is 4.98 Å². The molecule has 0 unspecified atom stereocenters. The van der Waals surface area contributed by atoms with Gasteiger partial charge in [0.2, 0.25) is 5.92 Å². The van der Waals surface area contributed by atoms with Crippen molar-refractivity contribution >= 4 is 11.6 Å². The van der Waals surface area contributed by atoms with Crippen LogP contribution in [0, 0.1) is 5.92 Å². The summed E-state index contributed by atoms with van der Waals surface area (Å²) in [7, 11) is 0. The summed E-state index contributed by atoms with van der Waals surface area (Å²) in [6.07, 6.45) is -2.15. The normalized spacial score (nSPS) is 28.4. The molecular weight excluding hydrogens is 337 g/mol. The Morgan fingerprint density at radius 1 is 1.04 bits per heavy atom. The van der Waals surface area contributed by atoms with E-state index in [4.69, 9.17) is 11.6 Å². The van der Waals surface area contributed by atoms with Gasteiger partial charge in [-0.15, -0.1) is 0 Å². The van der Waals surface area contributed by atoms with Gasteiger partial charge in [0.05, 0.1) is 10.9 Å². The predicted octanol–water partition coefficient (Wildman–Crippen LogP) is 6.08. The highest BCUT2D eigenvalue weighted by molar-refractivity contribution is 6.31. The third kappa shape index (κ3) is 3.62. The van der Waals surface area contributed by atoms with Crippen molar-refractivity contribution in [3.8, 4) is 0 Å². The molecule has 2 saturated carbocycles. The van der Waals surface area contributed by atoms with Crippen LogP contribution in [0.2, 0.25) is 5.02 Å². The molecular formula is C16H17ClF5N.